The van der Waals surface area contributed by atoms with Crippen LogP contribution in [-0.4, -0.2) is 4.92 Å². The fourth-order valence-corrected chi connectivity index (χ4v) is 2.64. The lowest BCUT2D eigenvalue weighted by Gasteiger charge is -2.15. The van der Waals surface area contributed by atoms with Crippen LogP contribution in [0.4, 0.5) is 10.1 Å². The number of hydrogen-bond donors (Lipinski definition) is 1. The highest BCUT2D eigenvalue weighted by Crippen LogP contribution is 2.23. The maximum Gasteiger partial charge on any atom is 0.304 e. The Morgan fingerprint density at radius 2 is 2.05 bits per heavy atom. The van der Waals surface area contributed by atoms with Gasteiger partial charge in [-0.3, -0.25) is 10.1 Å². The summed E-state index contributed by atoms with van der Waals surface area (Å²) in [6.45, 7) is 2.43. The van der Waals surface area contributed by atoms with Crippen LogP contribution in [0, 0.1) is 15.9 Å². The molecule has 2 aromatic carbocycles. The fraction of sp³-hybridized carbons (Fsp3) is 0.200. The number of hydrogen-bond acceptors (Lipinski definition) is 3. The quantitative estimate of drug-likeness (QED) is 0.642. The number of nitro groups is 1. The standard InChI is InChI=1S/C15H14BrFN2O2/c1-10(12-4-2-3-5-13(12)16)18-9-11-6-7-15(19(20)21)14(17)8-11/h2-8,10,18H,9H2,1H3/t10-/m0/s1. The zero-order chi connectivity index (χ0) is 15.4. The zero-order valence-corrected chi connectivity index (χ0v) is 12.9. The Kier molecular flexibility index (Phi) is 5.03. The number of halogens is 2. The monoisotopic (exact) mass is 352 g/mol. The van der Waals surface area contributed by atoms with Crippen molar-refractivity contribution in [1.29, 1.82) is 0 Å². The maximum absolute atomic E-state index is 13.5. The first-order chi connectivity index (χ1) is 9.99. The Hall–Kier alpha value is -1.79. The number of nitrogens with one attached hydrogen (secondary N) is 1. The lowest BCUT2D eigenvalue weighted by molar-refractivity contribution is -0.387. The van der Waals surface area contributed by atoms with Crippen LogP contribution in [-0.2, 0) is 6.54 Å². The molecule has 0 radical (unpaired) electrons. The van der Waals surface area contributed by atoms with Crippen LogP contribution in [0.2, 0.25) is 0 Å². The van der Waals surface area contributed by atoms with E-state index in [1.54, 1.807) is 6.07 Å². The van der Waals surface area contributed by atoms with Gasteiger partial charge in [-0.2, -0.15) is 4.39 Å². The highest BCUT2D eigenvalue weighted by molar-refractivity contribution is 9.10. The van der Waals surface area contributed by atoms with E-state index in [9.17, 15) is 14.5 Å². The Labute approximate surface area is 130 Å². The summed E-state index contributed by atoms with van der Waals surface area (Å²) in [4.78, 5) is 9.84. The normalized spacial score (nSPS) is 12.1. The predicted octanol–water partition coefficient (Wildman–Crippen LogP) is 4.35. The molecule has 4 nitrogen and oxygen atoms in total. The molecule has 110 valence electrons. The first kappa shape index (κ1) is 15.6. The largest absolute Gasteiger partial charge is 0.306 e. The summed E-state index contributed by atoms with van der Waals surface area (Å²) in [5.74, 6) is -0.812. The third-order valence-electron chi connectivity index (χ3n) is 3.19. The summed E-state index contributed by atoms with van der Waals surface area (Å²) in [6, 6.07) is 11.8. The predicted molar refractivity (Wildman–Crippen MR) is 82.5 cm³/mol. The van der Waals surface area contributed by atoms with Crippen molar-refractivity contribution in [2.24, 2.45) is 0 Å². The summed E-state index contributed by atoms with van der Waals surface area (Å²) < 4.78 is 14.5. The third-order valence-corrected chi connectivity index (χ3v) is 3.92. The second-order valence-electron chi connectivity index (χ2n) is 4.67. The second-order valence-corrected chi connectivity index (χ2v) is 5.52. The van der Waals surface area contributed by atoms with E-state index in [4.69, 9.17) is 0 Å². The molecule has 0 unspecified atom stereocenters. The third kappa shape index (κ3) is 3.86. The smallest absolute Gasteiger partial charge is 0.304 e. The van der Waals surface area contributed by atoms with E-state index in [2.05, 4.69) is 21.2 Å². The summed E-state index contributed by atoms with van der Waals surface area (Å²) >= 11 is 3.49. The molecule has 6 heteroatoms. The molecule has 0 aliphatic rings. The molecule has 0 fully saturated rings. The van der Waals surface area contributed by atoms with E-state index in [0.29, 0.717) is 12.1 Å². The number of benzene rings is 2. The maximum atomic E-state index is 13.5. The molecule has 2 rings (SSSR count). The molecule has 1 N–H and O–H groups in total. The minimum Gasteiger partial charge on any atom is -0.306 e. The molecule has 0 aliphatic carbocycles. The molecule has 1 atom stereocenters. The summed E-state index contributed by atoms with van der Waals surface area (Å²) in [7, 11) is 0. The van der Waals surface area contributed by atoms with Crippen molar-refractivity contribution < 1.29 is 9.31 Å². The van der Waals surface area contributed by atoms with Gasteiger partial charge in [0.05, 0.1) is 4.92 Å². The van der Waals surface area contributed by atoms with E-state index in [1.165, 1.54) is 12.1 Å². The SMILES string of the molecule is C[C@H](NCc1ccc([N+](=O)[O-])c(F)c1)c1ccccc1Br. The highest BCUT2D eigenvalue weighted by Gasteiger charge is 2.14. The molecule has 0 bridgehead atoms. The van der Waals surface area contributed by atoms with Gasteiger partial charge in [0, 0.05) is 23.1 Å². The van der Waals surface area contributed by atoms with E-state index < -0.39 is 16.4 Å². The Morgan fingerprint density at radius 3 is 2.67 bits per heavy atom. The molecule has 0 spiro atoms. The van der Waals surface area contributed by atoms with E-state index in [1.807, 2.05) is 31.2 Å². The van der Waals surface area contributed by atoms with Crippen LogP contribution < -0.4 is 5.32 Å². The molecule has 21 heavy (non-hydrogen) atoms. The van der Waals surface area contributed by atoms with Gasteiger partial charge in [-0.05, 0) is 30.2 Å². The molecule has 0 amide bonds. The Morgan fingerprint density at radius 1 is 1.33 bits per heavy atom. The van der Waals surface area contributed by atoms with E-state index in [0.717, 1.165) is 10.0 Å². The first-order valence-corrected chi connectivity index (χ1v) is 7.19. The van der Waals surface area contributed by atoms with Gasteiger partial charge in [0.1, 0.15) is 0 Å². The lowest BCUT2D eigenvalue weighted by Crippen LogP contribution is -2.18. The van der Waals surface area contributed by atoms with Gasteiger partial charge >= 0.3 is 5.69 Å². The Balaban J connectivity index is 2.05. The van der Waals surface area contributed by atoms with Crippen molar-refractivity contribution in [2.75, 3.05) is 0 Å². The van der Waals surface area contributed by atoms with Crippen LogP contribution in [0.5, 0.6) is 0 Å². The lowest BCUT2D eigenvalue weighted by atomic mass is 10.1. The van der Waals surface area contributed by atoms with Crippen molar-refractivity contribution in [3.8, 4) is 0 Å². The number of nitrogens with zero attached hydrogens (tertiary/aromatic N) is 1. The molecule has 0 aromatic heterocycles. The number of rotatable bonds is 5. The average molecular weight is 353 g/mol. The van der Waals surface area contributed by atoms with Gasteiger partial charge in [0.15, 0.2) is 0 Å². The van der Waals surface area contributed by atoms with E-state index >= 15 is 0 Å². The van der Waals surface area contributed by atoms with Crippen LogP contribution >= 0.6 is 15.9 Å². The number of nitro benzene ring substituents is 1. The van der Waals surface area contributed by atoms with Crippen molar-refractivity contribution in [3.63, 3.8) is 0 Å². The summed E-state index contributed by atoms with van der Waals surface area (Å²) in [6.07, 6.45) is 0. The van der Waals surface area contributed by atoms with Gasteiger partial charge in [-0.1, -0.05) is 40.2 Å². The Bertz CT molecular complexity index is 664. The minimum absolute atomic E-state index is 0.0684. The topological polar surface area (TPSA) is 55.2 Å². The first-order valence-electron chi connectivity index (χ1n) is 6.39. The fourth-order valence-electron chi connectivity index (χ4n) is 2.02. The van der Waals surface area contributed by atoms with Gasteiger partial charge in [-0.15, -0.1) is 0 Å². The minimum atomic E-state index is -0.812. The van der Waals surface area contributed by atoms with E-state index in [-0.39, 0.29) is 6.04 Å². The van der Waals surface area contributed by atoms with Crippen molar-refractivity contribution in [2.45, 2.75) is 19.5 Å². The van der Waals surface area contributed by atoms with Gasteiger partial charge in [0.25, 0.3) is 0 Å². The van der Waals surface area contributed by atoms with Crippen molar-refractivity contribution in [3.05, 3.63) is 74.0 Å². The van der Waals surface area contributed by atoms with Crippen LogP contribution in [0.15, 0.2) is 46.9 Å². The zero-order valence-electron chi connectivity index (χ0n) is 11.3. The summed E-state index contributed by atoms with van der Waals surface area (Å²) in [5.41, 5.74) is 1.26. The molecule has 0 heterocycles. The molecule has 0 aliphatic heterocycles. The average Bonchev–Trinajstić information content (AvgIpc) is 2.45. The van der Waals surface area contributed by atoms with Crippen LogP contribution in [0.1, 0.15) is 24.1 Å². The summed E-state index contributed by atoms with van der Waals surface area (Å²) in [5, 5.41) is 13.8. The molecule has 0 saturated heterocycles. The highest BCUT2D eigenvalue weighted by atomic mass is 79.9. The van der Waals surface area contributed by atoms with Gasteiger partial charge in [0.2, 0.25) is 5.82 Å². The van der Waals surface area contributed by atoms with Crippen LogP contribution in [0.3, 0.4) is 0 Å². The van der Waals surface area contributed by atoms with Crippen LogP contribution in [0.25, 0.3) is 0 Å². The molecule has 2 aromatic rings. The second kappa shape index (κ2) is 6.78. The van der Waals surface area contributed by atoms with Gasteiger partial charge < -0.3 is 5.32 Å². The van der Waals surface area contributed by atoms with Gasteiger partial charge in [-0.25, -0.2) is 0 Å². The van der Waals surface area contributed by atoms with Crippen molar-refractivity contribution >= 4 is 21.6 Å². The van der Waals surface area contributed by atoms with Crippen molar-refractivity contribution in [1.82, 2.24) is 5.32 Å². The molecular weight excluding hydrogens is 339 g/mol. The molecular formula is C15H14BrFN2O2. The molecule has 0 saturated carbocycles.